The number of pyridine rings is 1. The molecule has 5 rings (SSSR count). The largest absolute Gasteiger partial charge is 0.353 e. The number of rotatable bonds is 3. The molecule has 33 heavy (non-hydrogen) atoms. The van der Waals surface area contributed by atoms with Gasteiger partial charge in [-0.15, -0.1) is 0 Å². The van der Waals surface area contributed by atoms with Crippen molar-refractivity contribution in [1.29, 1.82) is 5.26 Å². The Morgan fingerprint density at radius 3 is 2.67 bits per heavy atom. The number of aryl methyl sites for hydroxylation is 1. The summed E-state index contributed by atoms with van der Waals surface area (Å²) >= 11 is 0. The van der Waals surface area contributed by atoms with E-state index in [2.05, 4.69) is 48.1 Å². The van der Waals surface area contributed by atoms with Crippen molar-refractivity contribution in [3.63, 3.8) is 0 Å². The standard InChI is InChI=1S/C22H21N9.C2H6/c1-14-11-30(8-7-24-14)21-19-17(20-15(2)25-5-6-27-20)12-31(22(19)29-13-28-21)18-9-16(10-23)3-4-26-18;1-2/h3-6,9,12-14,24H,7-8,11H2,1-2H3;1-2H3. The normalized spacial score (nSPS) is 15.6. The van der Waals surface area contributed by atoms with Gasteiger partial charge < -0.3 is 10.2 Å². The Kier molecular flexibility index (Phi) is 6.56. The second-order valence-corrected chi connectivity index (χ2v) is 7.61. The lowest BCUT2D eigenvalue weighted by molar-refractivity contribution is 0.483. The van der Waals surface area contributed by atoms with E-state index >= 15 is 0 Å². The molecule has 1 aliphatic heterocycles. The topological polar surface area (TPSA) is 108 Å². The fraction of sp³-hybridized carbons (Fsp3) is 0.333. The van der Waals surface area contributed by atoms with Crippen LogP contribution in [0.3, 0.4) is 0 Å². The van der Waals surface area contributed by atoms with E-state index < -0.39 is 0 Å². The van der Waals surface area contributed by atoms with Crippen molar-refractivity contribution < 1.29 is 0 Å². The minimum Gasteiger partial charge on any atom is -0.353 e. The van der Waals surface area contributed by atoms with E-state index in [0.717, 1.165) is 53.4 Å². The molecule has 1 N–H and O–H groups in total. The maximum atomic E-state index is 9.34. The van der Waals surface area contributed by atoms with Gasteiger partial charge in [-0.05, 0) is 26.0 Å². The predicted octanol–water partition coefficient (Wildman–Crippen LogP) is 3.28. The fourth-order valence-corrected chi connectivity index (χ4v) is 4.06. The highest BCUT2D eigenvalue weighted by Gasteiger charge is 2.25. The highest BCUT2D eigenvalue weighted by molar-refractivity contribution is 6.02. The number of piperazine rings is 1. The van der Waals surface area contributed by atoms with Crippen LogP contribution in [-0.4, -0.2) is 55.2 Å². The molecule has 0 radical (unpaired) electrons. The second kappa shape index (κ2) is 9.71. The lowest BCUT2D eigenvalue weighted by atomic mass is 10.1. The van der Waals surface area contributed by atoms with Gasteiger partial charge in [-0.1, -0.05) is 13.8 Å². The molecule has 9 nitrogen and oxygen atoms in total. The van der Waals surface area contributed by atoms with Gasteiger partial charge in [0.1, 0.15) is 18.0 Å². The molecule has 168 valence electrons. The van der Waals surface area contributed by atoms with Crippen molar-refractivity contribution >= 4 is 16.9 Å². The monoisotopic (exact) mass is 441 g/mol. The van der Waals surface area contributed by atoms with E-state index in [4.69, 9.17) is 0 Å². The Hall–Kier alpha value is -3.90. The Morgan fingerprint density at radius 2 is 1.91 bits per heavy atom. The third-order valence-electron chi connectivity index (χ3n) is 5.49. The molecule has 1 aliphatic rings. The maximum Gasteiger partial charge on any atom is 0.151 e. The molecular formula is C24H27N9. The van der Waals surface area contributed by atoms with Gasteiger partial charge in [0.2, 0.25) is 0 Å². The Bertz CT molecular complexity index is 1310. The van der Waals surface area contributed by atoms with E-state index in [0.29, 0.717) is 17.4 Å². The summed E-state index contributed by atoms with van der Waals surface area (Å²) < 4.78 is 1.90. The Balaban J connectivity index is 0.00000126. The summed E-state index contributed by atoms with van der Waals surface area (Å²) in [7, 11) is 0. The van der Waals surface area contributed by atoms with Gasteiger partial charge in [-0.25, -0.2) is 15.0 Å². The van der Waals surface area contributed by atoms with Crippen LogP contribution >= 0.6 is 0 Å². The van der Waals surface area contributed by atoms with Crippen molar-refractivity contribution in [2.75, 3.05) is 24.5 Å². The van der Waals surface area contributed by atoms with Gasteiger partial charge in [0.25, 0.3) is 0 Å². The molecule has 9 heteroatoms. The van der Waals surface area contributed by atoms with Crippen LogP contribution in [0.5, 0.6) is 0 Å². The molecule has 0 aliphatic carbocycles. The average molecular weight is 442 g/mol. The number of aromatic nitrogens is 6. The first-order valence-electron chi connectivity index (χ1n) is 11.1. The van der Waals surface area contributed by atoms with E-state index in [1.54, 1.807) is 37.1 Å². The number of nitrogens with one attached hydrogen (secondary N) is 1. The molecular weight excluding hydrogens is 414 g/mol. The average Bonchev–Trinajstić information content (AvgIpc) is 3.25. The quantitative estimate of drug-likeness (QED) is 0.516. The smallest absolute Gasteiger partial charge is 0.151 e. The first kappa shape index (κ1) is 22.3. The highest BCUT2D eigenvalue weighted by atomic mass is 15.3. The third kappa shape index (κ3) is 4.25. The number of nitrogens with zero attached hydrogens (tertiary/aromatic N) is 8. The summed E-state index contributed by atoms with van der Waals surface area (Å²) in [5, 5.41) is 13.7. The van der Waals surface area contributed by atoms with Crippen molar-refractivity contribution in [3.05, 3.63) is 54.5 Å². The minimum absolute atomic E-state index is 0.358. The highest BCUT2D eigenvalue weighted by Crippen LogP contribution is 2.36. The molecule has 4 aromatic rings. The van der Waals surface area contributed by atoms with Gasteiger partial charge in [0.15, 0.2) is 5.65 Å². The molecule has 1 saturated heterocycles. The number of hydrogen-bond donors (Lipinski definition) is 1. The zero-order chi connectivity index (χ0) is 23.4. The first-order chi connectivity index (χ1) is 16.2. The van der Waals surface area contributed by atoms with Crippen molar-refractivity contribution in [1.82, 2.24) is 34.8 Å². The van der Waals surface area contributed by atoms with E-state index in [9.17, 15) is 5.26 Å². The molecule has 1 atom stereocenters. The van der Waals surface area contributed by atoms with Crippen molar-refractivity contribution in [2.24, 2.45) is 0 Å². The summed E-state index contributed by atoms with van der Waals surface area (Å²) in [6.07, 6.45) is 8.56. The SMILES string of the molecule is CC.Cc1nccnc1-c1cn(-c2cc(C#N)ccn2)c2ncnc(N3CCNC(C)C3)c12. The molecule has 1 unspecified atom stereocenters. The number of fused-ring (bicyclic) bond motifs is 1. The van der Waals surface area contributed by atoms with Crippen LogP contribution < -0.4 is 10.2 Å². The molecule has 0 amide bonds. The molecule has 0 saturated carbocycles. The van der Waals surface area contributed by atoms with Gasteiger partial charge >= 0.3 is 0 Å². The van der Waals surface area contributed by atoms with Gasteiger partial charge in [-0.3, -0.25) is 14.5 Å². The zero-order valence-electron chi connectivity index (χ0n) is 19.3. The van der Waals surface area contributed by atoms with E-state index in [-0.39, 0.29) is 0 Å². The van der Waals surface area contributed by atoms with Crippen molar-refractivity contribution in [2.45, 2.75) is 33.7 Å². The summed E-state index contributed by atoms with van der Waals surface area (Å²) in [6, 6.07) is 5.97. The first-order valence-corrected chi connectivity index (χ1v) is 11.1. The zero-order valence-corrected chi connectivity index (χ0v) is 19.3. The van der Waals surface area contributed by atoms with Crippen LogP contribution in [0.15, 0.2) is 43.2 Å². The van der Waals surface area contributed by atoms with E-state index in [1.807, 2.05) is 31.5 Å². The van der Waals surface area contributed by atoms with Crippen LogP contribution in [0.2, 0.25) is 0 Å². The van der Waals surface area contributed by atoms with Gasteiger partial charge in [0.05, 0.1) is 28.4 Å². The molecule has 1 fully saturated rings. The Labute approximate surface area is 193 Å². The van der Waals surface area contributed by atoms with Crippen LogP contribution in [0.4, 0.5) is 5.82 Å². The second-order valence-electron chi connectivity index (χ2n) is 7.61. The van der Waals surface area contributed by atoms with Crippen LogP contribution in [0, 0.1) is 18.3 Å². The molecule has 0 bridgehead atoms. The van der Waals surface area contributed by atoms with Crippen LogP contribution in [0.1, 0.15) is 32.0 Å². The Morgan fingerprint density at radius 1 is 1.09 bits per heavy atom. The van der Waals surface area contributed by atoms with Crippen molar-refractivity contribution in [3.8, 4) is 23.1 Å². The lowest BCUT2D eigenvalue weighted by Gasteiger charge is -2.33. The predicted molar refractivity (Wildman–Crippen MR) is 128 cm³/mol. The van der Waals surface area contributed by atoms with Gasteiger partial charge in [-0.2, -0.15) is 5.26 Å². The number of anilines is 1. The number of nitriles is 1. The molecule has 4 aromatic heterocycles. The van der Waals surface area contributed by atoms with E-state index in [1.165, 1.54) is 0 Å². The summed E-state index contributed by atoms with van der Waals surface area (Å²) in [5.74, 6) is 1.49. The van der Waals surface area contributed by atoms with Crippen LogP contribution in [-0.2, 0) is 0 Å². The maximum absolute atomic E-state index is 9.34. The summed E-state index contributed by atoms with van der Waals surface area (Å²) in [6.45, 7) is 10.7. The third-order valence-corrected chi connectivity index (χ3v) is 5.49. The minimum atomic E-state index is 0.358. The van der Waals surface area contributed by atoms with Gasteiger partial charge in [0, 0.05) is 56.0 Å². The molecule has 0 spiro atoms. The summed E-state index contributed by atoms with van der Waals surface area (Å²) in [4.78, 5) is 25.1. The number of hydrogen-bond acceptors (Lipinski definition) is 8. The lowest BCUT2D eigenvalue weighted by Crippen LogP contribution is -2.49. The summed E-state index contributed by atoms with van der Waals surface area (Å²) in [5.41, 5.74) is 3.75. The van der Waals surface area contributed by atoms with Crippen LogP contribution in [0.25, 0.3) is 28.1 Å². The fourth-order valence-electron chi connectivity index (χ4n) is 4.06. The molecule has 5 heterocycles. The molecule has 0 aromatic carbocycles.